The van der Waals surface area contributed by atoms with Crippen LogP contribution in [0, 0.1) is 0 Å². The summed E-state index contributed by atoms with van der Waals surface area (Å²) in [6, 6.07) is 7.42. The molecule has 6 heteroatoms. The van der Waals surface area contributed by atoms with Gasteiger partial charge in [0.25, 0.3) is 0 Å². The molecule has 0 fully saturated rings. The first-order chi connectivity index (χ1) is 9.47. The van der Waals surface area contributed by atoms with Gasteiger partial charge in [0, 0.05) is 17.2 Å². The first-order valence-electron chi connectivity index (χ1n) is 6.05. The number of esters is 1. The van der Waals surface area contributed by atoms with Gasteiger partial charge in [0.1, 0.15) is 0 Å². The quantitative estimate of drug-likeness (QED) is 0.653. The van der Waals surface area contributed by atoms with Crippen LogP contribution in [0.15, 0.2) is 40.0 Å². The molecule has 0 saturated carbocycles. The van der Waals surface area contributed by atoms with Crippen molar-refractivity contribution in [3.63, 3.8) is 0 Å². The van der Waals surface area contributed by atoms with E-state index in [1.165, 1.54) is 7.11 Å². The average Bonchev–Trinajstić information content (AvgIpc) is 2.44. The van der Waals surface area contributed by atoms with Gasteiger partial charge >= 0.3 is 5.97 Å². The Kier molecular flexibility index (Phi) is 4.45. The van der Waals surface area contributed by atoms with Crippen LogP contribution in [0.25, 0.3) is 0 Å². The predicted molar refractivity (Wildman–Crippen MR) is 85.1 cm³/mol. The second-order valence-electron chi connectivity index (χ2n) is 4.45. The van der Waals surface area contributed by atoms with Gasteiger partial charge in [-0.25, -0.2) is 4.79 Å². The van der Waals surface area contributed by atoms with Gasteiger partial charge in [0.05, 0.1) is 18.7 Å². The lowest BCUT2D eigenvalue weighted by atomic mass is 9.95. The van der Waals surface area contributed by atoms with E-state index in [2.05, 4.69) is 21.2 Å². The lowest BCUT2D eigenvalue weighted by Gasteiger charge is -2.35. The molecular weight excluding hydrogens is 340 g/mol. The first kappa shape index (κ1) is 15.0. The fraction of sp³-hybridized carbons (Fsp3) is 0.286. The van der Waals surface area contributed by atoms with Crippen LogP contribution in [-0.4, -0.2) is 30.1 Å². The molecule has 1 N–H and O–H groups in total. The van der Waals surface area contributed by atoms with Crippen molar-refractivity contribution in [2.45, 2.75) is 13.0 Å². The molecule has 0 unspecified atom stereocenters. The minimum Gasteiger partial charge on any atom is -0.466 e. The SMILES string of the molecule is COC(=O)C1=C(C)N(C)C(=S)N[C@H]1c1ccccc1Br. The summed E-state index contributed by atoms with van der Waals surface area (Å²) < 4.78 is 5.83. The number of rotatable bonds is 2. The summed E-state index contributed by atoms with van der Waals surface area (Å²) in [4.78, 5) is 13.9. The Balaban J connectivity index is 2.58. The molecule has 1 aliphatic rings. The zero-order chi connectivity index (χ0) is 14.9. The maximum absolute atomic E-state index is 12.1. The number of benzene rings is 1. The molecule has 0 radical (unpaired) electrons. The molecule has 0 aromatic heterocycles. The summed E-state index contributed by atoms with van der Waals surface area (Å²) >= 11 is 8.83. The summed E-state index contributed by atoms with van der Waals surface area (Å²) in [7, 11) is 3.20. The number of nitrogens with zero attached hydrogens (tertiary/aromatic N) is 1. The van der Waals surface area contributed by atoms with E-state index in [0.717, 1.165) is 15.7 Å². The Labute approximate surface area is 131 Å². The number of allylic oxidation sites excluding steroid dienone is 1. The number of halogens is 1. The largest absolute Gasteiger partial charge is 0.466 e. The van der Waals surface area contributed by atoms with E-state index in [0.29, 0.717) is 10.7 Å². The Morgan fingerprint density at radius 2 is 2.10 bits per heavy atom. The van der Waals surface area contributed by atoms with Crippen LogP contribution >= 0.6 is 28.1 Å². The Morgan fingerprint density at radius 1 is 1.45 bits per heavy atom. The molecule has 4 nitrogen and oxygen atoms in total. The molecule has 1 atom stereocenters. The Hall–Kier alpha value is -1.40. The van der Waals surface area contributed by atoms with Crippen LogP contribution in [0.3, 0.4) is 0 Å². The van der Waals surface area contributed by atoms with Gasteiger partial charge in [-0.05, 0) is 30.8 Å². The molecule has 1 heterocycles. The van der Waals surface area contributed by atoms with Gasteiger partial charge in [-0.3, -0.25) is 0 Å². The molecule has 1 aromatic rings. The van der Waals surface area contributed by atoms with Crippen molar-refractivity contribution in [3.05, 3.63) is 45.6 Å². The van der Waals surface area contributed by atoms with Crippen molar-refractivity contribution >= 4 is 39.2 Å². The number of ether oxygens (including phenoxy) is 1. The summed E-state index contributed by atoms with van der Waals surface area (Å²) in [6.45, 7) is 1.86. The summed E-state index contributed by atoms with van der Waals surface area (Å²) in [5, 5.41) is 3.77. The van der Waals surface area contributed by atoms with Crippen molar-refractivity contribution in [1.82, 2.24) is 10.2 Å². The number of thiocarbonyl (C=S) groups is 1. The number of methoxy groups -OCH3 is 1. The Morgan fingerprint density at radius 3 is 2.70 bits per heavy atom. The van der Waals surface area contributed by atoms with Crippen molar-refractivity contribution < 1.29 is 9.53 Å². The van der Waals surface area contributed by atoms with E-state index in [9.17, 15) is 4.79 Å². The molecule has 0 spiro atoms. The van der Waals surface area contributed by atoms with Crippen molar-refractivity contribution in [2.75, 3.05) is 14.2 Å². The minimum absolute atomic E-state index is 0.318. The van der Waals surface area contributed by atoms with E-state index in [-0.39, 0.29) is 12.0 Å². The number of hydrogen-bond acceptors (Lipinski definition) is 3. The third kappa shape index (κ3) is 2.58. The van der Waals surface area contributed by atoms with Crippen LogP contribution in [-0.2, 0) is 9.53 Å². The third-order valence-corrected chi connectivity index (χ3v) is 4.49. The van der Waals surface area contributed by atoms with Crippen LogP contribution in [0.5, 0.6) is 0 Å². The number of hydrogen-bond donors (Lipinski definition) is 1. The van der Waals surface area contributed by atoms with E-state index in [4.69, 9.17) is 17.0 Å². The fourth-order valence-corrected chi connectivity index (χ4v) is 2.92. The topological polar surface area (TPSA) is 41.6 Å². The highest BCUT2D eigenvalue weighted by Gasteiger charge is 2.33. The molecule has 106 valence electrons. The second kappa shape index (κ2) is 5.93. The summed E-state index contributed by atoms with van der Waals surface area (Å²) in [5.74, 6) is -0.356. The summed E-state index contributed by atoms with van der Waals surface area (Å²) in [6.07, 6.45) is 0. The normalized spacial score (nSPS) is 18.9. The molecule has 0 amide bonds. The van der Waals surface area contributed by atoms with Gasteiger partial charge in [0.15, 0.2) is 5.11 Å². The maximum Gasteiger partial charge on any atom is 0.337 e. The van der Waals surface area contributed by atoms with Gasteiger partial charge in [-0.2, -0.15) is 0 Å². The zero-order valence-electron chi connectivity index (χ0n) is 11.4. The lowest BCUT2D eigenvalue weighted by molar-refractivity contribution is -0.136. The zero-order valence-corrected chi connectivity index (χ0v) is 13.8. The van der Waals surface area contributed by atoms with Crippen molar-refractivity contribution in [3.8, 4) is 0 Å². The minimum atomic E-state index is -0.356. The molecule has 1 aliphatic heterocycles. The Bertz CT molecular complexity index is 601. The molecule has 0 saturated heterocycles. The van der Waals surface area contributed by atoms with Crippen molar-refractivity contribution in [2.24, 2.45) is 0 Å². The van der Waals surface area contributed by atoms with Gasteiger partial charge in [-0.15, -0.1) is 0 Å². The highest BCUT2D eigenvalue weighted by atomic mass is 79.9. The molecule has 2 rings (SSSR count). The molecule has 0 bridgehead atoms. The molecular formula is C14H15BrN2O2S. The molecule has 20 heavy (non-hydrogen) atoms. The molecule has 1 aromatic carbocycles. The first-order valence-corrected chi connectivity index (χ1v) is 7.25. The summed E-state index contributed by atoms with van der Waals surface area (Å²) in [5.41, 5.74) is 2.31. The van der Waals surface area contributed by atoms with E-state index in [1.807, 2.05) is 38.2 Å². The maximum atomic E-state index is 12.1. The van der Waals surface area contributed by atoms with Crippen LogP contribution < -0.4 is 5.32 Å². The number of carbonyl (C=O) groups excluding carboxylic acids is 1. The van der Waals surface area contributed by atoms with E-state index in [1.54, 1.807) is 4.90 Å². The van der Waals surface area contributed by atoms with Crippen LogP contribution in [0.4, 0.5) is 0 Å². The van der Waals surface area contributed by atoms with Gasteiger partial charge in [-0.1, -0.05) is 34.1 Å². The number of carbonyl (C=O) groups is 1. The average molecular weight is 355 g/mol. The highest BCUT2D eigenvalue weighted by Crippen LogP contribution is 2.34. The van der Waals surface area contributed by atoms with E-state index < -0.39 is 0 Å². The fourth-order valence-electron chi connectivity index (χ4n) is 2.15. The van der Waals surface area contributed by atoms with E-state index >= 15 is 0 Å². The van der Waals surface area contributed by atoms with Crippen LogP contribution in [0.1, 0.15) is 18.5 Å². The predicted octanol–water partition coefficient (Wildman–Crippen LogP) is 2.76. The van der Waals surface area contributed by atoms with Gasteiger partial charge in [0.2, 0.25) is 0 Å². The molecule has 0 aliphatic carbocycles. The standard InChI is InChI=1S/C14H15BrN2O2S/c1-8-11(13(18)19-3)12(16-14(20)17(8)2)9-6-4-5-7-10(9)15/h4-7,12H,1-3H3,(H,16,20)/t12-/m0/s1. The third-order valence-electron chi connectivity index (χ3n) is 3.38. The smallest absolute Gasteiger partial charge is 0.337 e. The monoisotopic (exact) mass is 354 g/mol. The highest BCUT2D eigenvalue weighted by molar-refractivity contribution is 9.10. The lowest BCUT2D eigenvalue weighted by Crippen LogP contribution is -2.46. The van der Waals surface area contributed by atoms with Gasteiger partial charge < -0.3 is 15.0 Å². The van der Waals surface area contributed by atoms with Crippen molar-refractivity contribution in [1.29, 1.82) is 0 Å². The number of nitrogens with one attached hydrogen (secondary N) is 1. The second-order valence-corrected chi connectivity index (χ2v) is 5.69. The van der Waals surface area contributed by atoms with Crippen LogP contribution in [0.2, 0.25) is 0 Å².